The summed E-state index contributed by atoms with van der Waals surface area (Å²) < 4.78 is 0. The van der Waals surface area contributed by atoms with Gasteiger partial charge < -0.3 is 16.0 Å². The number of nitrogens with one attached hydrogen (secondary N) is 3. The van der Waals surface area contributed by atoms with Crippen LogP contribution in [-0.4, -0.2) is 37.5 Å². The molecule has 0 aromatic heterocycles. The van der Waals surface area contributed by atoms with Gasteiger partial charge in [-0.1, -0.05) is 12.8 Å². The van der Waals surface area contributed by atoms with Gasteiger partial charge >= 0.3 is 0 Å². The molecule has 1 saturated heterocycles. The summed E-state index contributed by atoms with van der Waals surface area (Å²) in [6, 6.07) is 0.483. The van der Waals surface area contributed by atoms with Crippen LogP contribution in [0.25, 0.3) is 0 Å². The molecule has 19 heavy (non-hydrogen) atoms. The minimum absolute atomic E-state index is 0. The van der Waals surface area contributed by atoms with Crippen molar-refractivity contribution in [2.75, 3.05) is 13.6 Å². The molecule has 0 spiro atoms. The lowest BCUT2D eigenvalue weighted by molar-refractivity contribution is -0.123. The highest BCUT2D eigenvalue weighted by Crippen LogP contribution is 2.33. The highest BCUT2D eigenvalue weighted by Gasteiger charge is 2.37. The van der Waals surface area contributed by atoms with Crippen LogP contribution in [0.4, 0.5) is 0 Å². The average molecular weight is 290 g/mol. The lowest BCUT2D eigenvalue weighted by atomic mass is 9.85. The molecule has 2 amide bonds. The minimum atomic E-state index is -0.0530. The fourth-order valence-electron chi connectivity index (χ4n) is 3.07. The Morgan fingerprint density at radius 1 is 1.26 bits per heavy atom. The first kappa shape index (κ1) is 16.2. The van der Waals surface area contributed by atoms with Gasteiger partial charge in [-0.2, -0.15) is 0 Å². The summed E-state index contributed by atoms with van der Waals surface area (Å²) in [7, 11) is 1.60. The van der Waals surface area contributed by atoms with Crippen LogP contribution in [0.3, 0.4) is 0 Å². The quantitative estimate of drug-likeness (QED) is 0.709. The number of fused-ring (bicyclic) bond motifs is 1. The first-order valence-corrected chi connectivity index (χ1v) is 6.95. The number of carbonyl (C=O) groups excluding carboxylic acids is 2. The Morgan fingerprint density at radius 2 is 2.00 bits per heavy atom. The van der Waals surface area contributed by atoms with E-state index in [4.69, 9.17) is 0 Å². The molecule has 6 heteroatoms. The summed E-state index contributed by atoms with van der Waals surface area (Å²) in [6.45, 7) is 0.423. The monoisotopic (exact) mass is 289 g/mol. The van der Waals surface area contributed by atoms with Crippen LogP contribution in [0.2, 0.25) is 0 Å². The van der Waals surface area contributed by atoms with Crippen LogP contribution in [0.5, 0.6) is 0 Å². The van der Waals surface area contributed by atoms with Crippen molar-refractivity contribution in [3.63, 3.8) is 0 Å². The van der Waals surface area contributed by atoms with Gasteiger partial charge in [-0.3, -0.25) is 9.59 Å². The molecule has 0 aromatic rings. The molecular weight excluding hydrogens is 266 g/mol. The molecule has 0 aromatic carbocycles. The summed E-state index contributed by atoms with van der Waals surface area (Å²) in [5, 5.41) is 8.81. The van der Waals surface area contributed by atoms with Crippen molar-refractivity contribution in [3.8, 4) is 0 Å². The van der Waals surface area contributed by atoms with Crippen LogP contribution in [0, 0.1) is 5.92 Å². The van der Waals surface area contributed by atoms with E-state index in [1.807, 2.05) is 0 Å². The molecule has 2 rings (SSSR count). The Labute approximate surface area is 120 Å². The minimum Gasteiger partial charge on any atom is -0.359 e. The van der Waals surface area contributed by atoms with E-state index in [1.165, 1.54) is 25.7 Å². The zero-order valence-corrected chi connectivity index (χ0v) is 12.2. The zero-order valence-electron chi connectivity index (χ0n) is 11.4. The van der Waals surface area contributed by atoms with E-state index in [0.29, 0.717) is 24.9 Å². The molecule has 0 bridgehead atoms. The summed E-state index contributed by atoms with van der Waals surface area (Å²) in [6.07, 6.45) is 6.33. The summed E-state index contributed by atoms with van der Waals surface area (Å²) in [5.41, 5.74) is 0. The first-order chi connectivity index (χ1) is 8.70. The predicted molar refractivity (Wildman–Crippen MR) is 76.2 cm³/mol. The SMILES string of the molecule is CNC(=O)CCNC(=O)C1CC2CCCCC2N1.Cl. The number of hydrogen-bond acceptors (Lipinski definition) is 3. The zero-order chi connectivity index (χ0) is 13.0. The van der Waals surface area contributed by atoms with Gasteiger partial charge in [-0.15, -0.1) is 12.4 Å². The molecule has 3 unspecified atom stereocenters. The van der Waals surface area contributed by atoms with Gasteiger partial charge in [0, 0.05) is 26.1 Å². The van der Waals surface area contributed by atoms with E-state index >= 15 is 0 Å². The second-order valence-electron chi connectivity index (χ2n) is 5.32. The third-order valence-corrected chi connectivity index (χ3v) is 4.11. The highest BCUT2D eigenvalue weighted by atomic mass is 35.5. The number of rotatable bonds is 4. The third kappa shape index (κ3) is 4.35. The van der Waals surface area contributed by atoms with Gasteiger partial charge in [0.2, 0.25) is 11.8 Å². The highest BCUT2D eigenvalue weighted by molar-refractivity contribution is 5.85. The van der Waals surface area contributed by atoms with E-state index in [-0.39, 0.29) is 30.3 Å². The number of amides is 2. The predicted octanol–water partition coefficient (Wildman–Crippen LogP) is 0.581. The lowest BCUT2D eigenvalue weighted by Crippen LogP contribution is -2.43. The summed E-state index contributed by atoms with van der Waals surface area (Å²) in [4.78, 5) is 23.0. The molecule has 0 radical (unpaired) electrons. The van der Waals surface area contributed by atoms with E-state index in [2.05, 4.69) is 16.0 Å². The third-order valence-electron chi connectivity index (χ3n) is 4.11. The molecule has 3 atom stereocenters. The van der Waals surface area contributed by atoms with E-state index in [1.54, 1.807) is 7.05 Å². The van der Waals surface area contributed by atoms with E-state index in [9.17, 15) is 9.59 Å². The second-order valence-corrected chi connectivity index (χ2v) is 5.32. The van der Waals surface area contributed by atoms with Crippen molar-refractivity contribution in [1.29, 1.82) is 0 Å². The molecule has 3 N–H and O–H groups in total. The molecule has 5 nitrogen and oxygen atoms in total. The molecule has 110 valence electrons. The van der Waals surface area contributed by atoms with Gasteiger partial charge in [0.15, 0.2) is 0 Å². The maximum Gasteiger partial charge on any atom is 0.237 e. The molecule has 1 aliphatic carbocycles. The molecule has 2 aliphatic rings. The Balaban J connectivity index is 0.00000180. The number of carbonyl (C=O) groups is 2. The number of halogens is 1. The Hall–Kier alpha value is -0.810. The van der Waals surface area contributed by atoms with Crippen molar-refractivity contribution >= 4 is 24.2 Å². The molecule has 1 heterocycles. The second kappa shape index (κ2) is 7.70. The van der Waals surface area contributed by atoms with Crippen LogP contribution in [0.1, 0.15) is 38.5 Å². The van der Waals surface area contributed by atoms with Crippen molar-refractivity contribution in [3.05, 3.63) is 0 Å². The molecule has 2 fully saturated rings. The van der Waals surface area contributed by atoms with E-state index < -0.39 is 0 Å². The Bertz CT molecular complexity index is 311. The maximum absolute atomic E-state index is 12.0. The molecule has 1 saturated carbocycles. The topological polar surface area (TPSA) is 70.2 Å². The summed E-state index contributed by atoms with van der Waals surface area (Å²) >= 11 is 0. The van der Waals surface area contributed by atoms with Crippen molar-refractivity contribution in [1.82, 2.24) is 16.0 Å². The molecule has 1 aliphatic heterocycles. The van der Waals surface area contributed by atoms with Gasteiger partial charge in [0.1, 0.15) is 0 Å². The van der Waals surface area contributed by atoms with E-state index in [0.717, 1.165) is 6.42 Å². The van der Waals surface area contributed by atoms with Crippen LogP contribution >= 0.6 is 12.4 Å². The smallest absolute Gasteiger partial charge is 0.237 e. The average Bonchev–Trinajstić information content (AvgIpc) is 2.82. The van der Waals surface area contributed by atoms with Crippen LogP contribution in [0.15, 0.2) is 0 Å². The van der Waals surface area contributed by atoms with Gasteiger partial charge in [-0.05, 0) is 25.2 Å². The molecular formula is C13H24ClN3O2. The number of hydrogen-bond donors (Lipinski definition) is 3. The first-order valence-electron chi connectivity index (χ1n) is 6.95. The lowest BCUT2D eigenvalue weighted by Gasteiger charge is -2.24. The largest absolute Gasteiger partial charge is 0.359 e. The fraction of sp³-hybridized carbons (Fsp3) is 0.846. The van der Waals surface area contributed by atoms with Gasteiger partial charge in [0.05, 0.1) is 6.04 Å². The van der Waals surface area contributed by atoms with Crippen LogP contribution in [-0.2, 0) is 9.59 Å². The van der Waals surface area contributed by atoms with Gasteiger partial charge in [0.25, 0.3) is 0 Å². The fourth-order valence-corrected chi connectivity index (χ4v) is 3.07. The van der Waals surface area contributed by atoms with Crippen molar-refractivity contribution in [2.24, 2.45) is 5.92 Å². The normalized spacial score (nSPS) is 29.0. The Kier molecular flexibility index (Phi) is 6.58. The van der Waals surface area contributed by atoms with Crippen LogP contribution < -0.4 is 16.0 Å². The van der Waals surface area contributed by atoms with Crippen molar-refractivity contribution < 1.29 is 9.59 Å². The van der Waals surface area contributed by atoms with Gasteiger partial charge in [-0.25, -0.2) is 0 Å². The Morgan fingerprint density at radius 3 is 2.68 bits per heavy atom. The maximum atomic E-state index is 12.0. The van der Waals surface area contributed by atoms with Crippen molar-refractivity contribution in [2.45, 2.75) is 50.6 Å². The summed E-state index contributed by atoms with van der Waals surface area (Å²) in [5.74, 6) is 0.685. The standard InChI is InChI=1S/C13H23N3O2.ClH/c1-14-12(17)6-7-15-13(18)11-8-9-4-2-3-5-10(9)16-11;/h9-11,16H,2-8H2,1H3,(H,14,17)(H,15,18);1H.